The Hall–Kier alpha value is -1.45. The van der Waals surface area contributed by atoms with E-state index in [4.69, 9.17) is 5.11 Å². The van der Waals surface area contributed by atoms with Gasteiger partial charge in [0.1, 0.15) is 0 Å². The van der Waals surface area contributed by atoms with Crippen LogP contribution < -0.4 is 10.6 Å². The minimum atomic E-state index is -1.18. The van der Waals surface area contributed by atoms with Crippen LogP contribution in [0.1, 0.15) is 24.2 Å². The number of carboxylic acids is 1. The fourth-order valence-corrected chi connectivity index (χ4v) is 1.30. The van der Waals surface area contributed by atoms with Crippen molar-refractivity contribution in [3.8, 4) is 0 Å². The van der Waals surface area contributed by atoms with Crippen LogP contribution in [0.3, 0.4) is 0 Å². The number of amides is 2. The van der Waals surface area contributed by atoms with Gasteiger partial charge in [0.05, 0.1) is 11.3 Å². The first-order valence-corrected chi connectivity index (χ1v) is 4.82. The maximum atomic E-state index is 11.0. The van der Waals surface area contributed by atoms with E-state index >= 15 is 0 Å². The van der Waals surface area contributed by atoms with Gasteiger partial charge in [0.2, 0.25) is 11.8 Å². The summed E-state index contributed by atoms with van der Waals surface area (Å²) in [4.78, 5) is 32.7. The van der Waals surface area contributed by atoms with E-state index in [-0.39, 0.29) is 50.4 Å². The second-order valence-corrected chi connectivity index (χ2v) is 3.43. The molecular weight excluding hydrogens is 431 g/mol. The molecule has 0 saturated carbocycles. The third-order valence-corrected chi connectivity index (χ3v) is 1.88. The summed E-state index contributed by atoms with van der Waals surface area (Å²) in [7, 11) is 0. The molecule has 0 aliphatic rings. The second-order valence-electron chi connectivity index (χ2n) is 3.43. The number of hydrogen-bond donors (Lipinski definition) is 3. The van der Waals surface area contributed by atoms with Crippen molar-refractivity contribution < 1.29 is 19.5 Å². The summed E-state index contributed by atoms with van der Waals surface area (Å²) >= 11 is 0. The fraction of sp³-hybridized carbons (Fsp3) is 0.182. The summed E-state index contributed by atoms with van der Waals surface area (Å²) in [5.41, 5.74) is 0.481. The predicted octanol–water partition coefficient (Wildman–Crippen LogP) is 0.385. The molecule has 0 aliphatic carbocycles. The van der Waals surface area contributed by atoms with Gasteiger partial charge in [-0.1, -0.05) is 0 Å². The van der Waals surface area contributed by atoms with E-state index in [1.807, 2.05) is 0 Å². The molecule has 96 valence electrons. The normalized spacial score (nSPS) is 9.00. The number of anilines is 2. The Balaban J connectivity index is 0.00000289. The molecule has 2 amide bonds. The summed E-state index contributed by atoms with van der Waals surface area (Å²) in [5, 5.41) is 13.8. The number of nitrogens with one attached hydrogen (secondary N) is 2. The zero-order chi connectivity index (χ0) is 13.0. The molecule has 0 bridgehead atoms. The molecule has 7 heteroatoms. The van der Waals surface area contributed by atoms with Crippen molar-refractivity contribution in [1.82, 2.24) is 0 Å². The van der Waals surface area contributed by atoms with E-state index in [0.29, 0.717) is 5.69 Å². The van der Waals surface area contributed by atoms with E-state index < -0.39 is 5.97 Å². The van der Waals surface area contributed by atoms with Crippen molar-refractivity contribution in [3.05, 3.63) is 23.8 Å². The van der Waals surface area contributed by atoms with Crippen LogP contribution in [0.25, 0.3) is 0 Å². The summed E-state index contributed by atoms with van der Waals surface area (Å²) in [6, 6.07) is 4.23. The molecule has 0 unspecified atom stereocenters. The number of hydrogen-bond acceptors (Lipinski definition) is 3. The molecule has 0 aromatic heterocycles. The van der Waals surface area contributed by atoms with Gasteiger partial charge in [0, 0.05) is 19.5 Å². The number of carbonyl (C=O) groups is 3. The van der Waals surface area contributed by atoms with E-state index in [2.05, 4.69) is 10.6 Å². The van der Waals surface area contributed by atoms with Gasteiger partial charge >= 0.3 is 33.3 Å². The summed E-state index contributed by atoms with van der Waals surface area (Å²) in [6.45, 7) is 2.61. The van der Waals surface area contributed by atoms with Gasteiger partial charge in [-0.15, -0.1) is 0 Å². The van der Waals surface area contributed by atoms with Crippen molar-refractivity contribution >= 4 is 56.5 Å². The van der Waals surface area contributed by atoms with Crippen LogP contribution in [0.4, 0.5) is 11.4 Å². The summed E-state index contributed by atoms with van der Waals surface area (Å²) in [6.07, 6.45) is 0. The zero-order valence-corrected chi connectivity index (χ0v) is 15.6. The first kappa shape index (κ1) is 16.6. The Bertz CT molecular complexity index is 488. The van der Waals surface area contributed by atoms with Gasteiger partial charge in [0.25, 0.3) is 0 Å². The molecule has 1 aromatic rings. The molecule has 1 rings (SSSR count). The molecule has 3 N–H and O–H groups in total. The predicted molar refractivity (Wildman–Crippen MR) is 70.6 cm³/mol. The first-order valence-electron chi connectivity index (χ1n) is 4.82. The van der Waals surface area contributed by atoms with E-state index in [1.165, 1.54) is 32.0 Å². The average molecular weight is 445 g/mol. The van der Waals surface area contributed by atoms with Crippen LogP contribution in [0.2, 0.25) is 0 Å². The molecule has 0 heterocycles. The van der Waals surface area contributed by atoms with Crippen LogP contribution >= 0.6 is 0 Å². The molecule has 2 radical (unpaired) electrons. The van der Waals surface area contributed by atoms with Crippen LogP contribution in [0.15, 0.2) is 18.2 Å². The van der Waals surface area contributed by atoms with Gasteiger partial charge < -0.3 is 15.7 Å². The van der Waals surface area contributed by atoms with Crippen molar-refractivity contribution in [1.29, 1.82) is 0 Å². The monoisotopic (exact) mass is 446 g/mol. The Morgan fingerprint density at radius 3 is 2.06 bits per heavy atom. The molecule has 1 aromatic carbocycles. The third-order valence-electron chi connectivity index (χ3n) is 1.88. The fourth-order valence-electron chi connectivity index (χ4n) is 1.30. The quantitative estimate of drug-likeness (QED) is 0.587. The van der Waals surface area contributed by atoms with Crippen molar-refractivity contribution in [3.63, 3.8) is 0 Å². The Morgan fingerprint density at radius 1 is 1.06 bits per heavy atom. The molecule has 0 fully saturated rings. The molecule has 0 spiro atoms. The van der Waals surface area contributed by atoms with E-state index in [9.17, 15) is 14.4 Å². The molecule has 6 nitrogen and oxygen atoms in total. The summed E-state index contributed by atoms with van der Waals surface area (Å²) in [5.74, 6) is -1.84. The van der Waals surface area contributed by atoms with Gasteiger partial charge in [0.15, 0.2) is 0 Å². The van der Waals surface area contributed by atoms with Gasteiger partial charge in [-0.25, -0.2) is 4.79 Å². The van der Waals surface area contributed by atoms with Gasteiger partial charge in [-0.05, 0) is 18.2 Å². The van der Waals surface area contributed by atoms with Gasteiger partial charge in [-0.3, -0.25) is 9.59 Å². The van der Waals surface area contributed by atoms with Crippen LogP contribution in [0, 0.1) is 0 Å². The van der Waals surface area contributed by atoms with Crippen molar-refractivity contribution in [2.75, 3.05) is 10.6 Å². The molecular formula is C11H14N2O4Pb. The first-order chi connectivity index (χ1) is 7.90. The van der Waals surface area contributed by atoms with Crippen molar-refractivity contribution in [2.24, 2.45) is 0 Å². The Morgan fingerprint density at radius 2 is 1.61 bits per heavy atom. The standard InChI is InChI=1S/C11H12N2O4.Pb.2H/c1-6(14)12-8-3-4-10(13-7(2)15)9(5-8)11(16)17;;;/h3-5H,1-2H3,(H,12,14)(H,13,15)(H,16,17);;;. The van der Waals surface area contributed by atoms with Crippen LogP contribution in [-0.4, -0.2) is 50.2 Å². The van der Waals surface area contributed by atoms with E-state index in [0.717, 1.165) is 0 Å². The number of carboxylic acid groups (broad SMARTS) is 1. The Kier molecular flexibility index (Phi) is 6.52. The number of benzene rings is 1. The third kappa shape index (κ3) is 4.82. The molecule has 0 aliphatic heterocycles. The second kappa shape index (κ2) is 7.09. The molecule has 18 heavy (non-hydrogen) atoms. The van der Waals surface area contributed by atoms with Crippen LogP contribution in [-0.2, 0) is 9.59 Å². The molecule has 0 saturated heterocycles. The SMILES string of the molecule is CC(=O)Nc1ccc(NC(C)=O)c(C(=O)O)c1.[PbH2]. The number of carbonyl (C=O) groups excluding carboxylic acids is 2. The topological polar surface area (TPSA) is 95.5 Å². The Labute approximate surface area is 124 Å². The summed E-state index contributed by atoms with van der Waals surface area (Å²) < 4.78 is 0. The maximum absolute atomic E-state index is 11.0. The van der Waals surface area contributed by atoms with E-state index in [1.54, 1.807) is 0 Å². The average Bonchev–Trinajstić information content (AvgIpc) is 2.18. The van der Waals surface area contributed by atoms with Crippen LogP contribution in [0.5, 0.6) is 0 Å². The molecule has 0 atom stereocenters. The minimum absolute atomic E-state index is 0. The number of aromatic carboxylic acids is 1. The number of rotatable bonds is 3. The zero-order valence-electron chi connectivity index (χ0n) is 10.1. The van der Waals surface area contributed by atoms with Gasteiger partial charge in [-0.2, -0.15) is 0 Å². The van der Waals surface area contributed by atoms with Crippen molar-refractivity contribution in [2.45, 2.75) is 13.8 Å².